The van der Waals surface area contributed by atoms with E-state index in [-0.39, 0.29) is 12.6 Å². The topological polar surface area (TPSA) is 75.6 Å². The van der Waals surface area contributed by atoms with Crippen molar-refractivity contribution in [1.29, 1.82) is 0 Å². The second-order valence-corrected chi connectivity index (χ2v) is 6.55. The molecule has 4 aromatic rings. The van der Waals surface area contributed by atoms with Crippen LogP contribution in [0.15, 0.2) is 53.3 Å². The van der Waals surface area contributed by atoms with E-state index in [4.69, 9.17) is 16.0 Å². The summed E-state index contributed by atoms with van der Waals surface area (Å²) in [4.78, 5) is 5.34. The average molecular weight is 361 g/mol. The van der Waals surface area contributed by atoms with Gasteiger partial charge in [0.25, 0.3) is 0 Å². The molecule has 0 fully saturated rings. The van der Waals surface area contributed by atoms with Gasteiger partial charge in [-0.2, -0.15) is 0 Å². The first-order valence-corrected chi connectivity index (χ1v) is 8.45. The molecule has 3 aromatic heterocycles. The van der Waals surface area contributed by atoms with Gasteiger partial charge in [0.1, 0.15) is 11.8 Å². The monoisotopic (exact) mass is 360 g/mol. The van der Waals surface area contributed by atoms with Gasteiger partial charge in [-0.05, 0) is 24.3 Å². The molecule has 8 heteroatoms. The molecule has 0 aliphatic carbocycles. The lowest BCUT2D eigenvalue weighted by Crippen LogP contribution is -2.14. The SMILES string of the molecule is OCC(Nc1nn2cc(-c3ccc(Cl)cc3)nc2s1)c1ccco1. The van der Waals surface area contributed by atoms with Crippen LogP contribution in [0, 0.1) is 0 Å². The minimum Gasteiger partial charge on any atom is -0.467 e. The third-order valence-corrected chi connectivity index (χ3v) is 4.66. The van der Waals surface area contributed by atoms with E-state index in [1.54, 1.807) is 16.8 Å². The summed E-state index contributed by atoms with van der Waals surface area (Å²) in [6.45, 7) is -0.0918. The van der Waals surface area contributed by atoms with Gasteiger partial charge in [-0.15, -0.1) is 5.10 Å². The van der Waals surface area contributed by atoms with Crippen LogP contribution in [0.2, 0.25) is 5.02 Å². The molecule has 1 unspecified atom stereocenters. The van der Waals surface area contributed by atoms with E-state index >= 15 is 0 Å². The molecule has 2 N–H and O–H groups in total. The van der Waals surface area contributed by atoms with Crippen LogP contribution in [-0.4, -0.2) is 26.3 Å². The number of hydrogen-bond donors (Lipinski definition) is 2. The van der Waals surface area contributed by atoms with E-state index in [1.807, 2.05) is 36.5 Å². The first kappa shape index (κ1) is 15.2. The van der Waals surface area contributed by atoms with Gasteiger partial charge in [-0.25, -0.2) is 9.50 Å². The molecule has 0 radical (unpaired) electrons. The third-order valence-electron chi connectivity index (χ3n) is 3.55. The fourth-order valence-corrected chi connectivity index (χ4v) is 3.32. The molecule has 0 spiro atoms. The number of furan rings is 1. The highest BCUT2D eigenvalue weighted by Gasteiger charge is 2.16. The lowest BCUT2D eigenvalue weighted by molar-refractivity contribution is 0.261. The van der Waals surface area contributed by atoms with Crippen molar-refractivity contribution in [3.8, 4) is 11.3 Å². The van der Waals surface area contributed by atoms with Gasteiger partial charge in [0.2, 0.25) is 10.1 Å². The lowest BCUT2D eigenvalue weighted by atomic mass is 10.2. The molecule has 122 valence electrons. The Labute approximate surface area is 146 Å². The number of fused-ring (bicyclic) bond motifs is 1. The second-order valence-electron chi connectivity index (χ2n) is 5.16. The van der Waals surface area contributed by atoms with Gasteiger partial charge < -0.3 is 14.8 Å². The Morgan fingerprint density at radius 3 is 2.79 bits per heavy atom. The number of aromatic nitrogens is 3. The van der Waals surface area contributed by atoms with E-state index in [9.17, 15) is 5.11 Å². The number of benzene rings is 1. The Hall–Kier alpha value is -2.35. The number of imidazole rings is 1. The number of halogens is 1. The maximum absolute atomic E-state index is 9.52. The van der Waals surface area contributed by atoms with Crippen molar-refractivity contribution in [3.63, 3.8) is 0 Å². The molecule has 0 amide bonds. The molecule has 24 heavy (non-hydrogen) atoms. The van der Waals surface area contributed by atoms with Gasteiger partial charge in [0.15, 0.2) is 0 Å². The third kappa shape index (κ3) is 2.89. The smallest absolute Gasteiger partial charge is 0.214 e. The fraction of sp³-hybridized carbons (Fsp3) is 0.125. The van der Waals surface area contributed by atoms with E-state index < -0.39 is 0 Å². The van der Waals surface area contributed by atoms with Gasteiger partial charge in [0.05, 0.1) is 24.8 Å². The molecule has 6 nitrogen and oxygen atoms in total. The average Bonchev–Trinajstić information content (AvgIpc) is 3.29. The van der Waals surface area contributed by atoms with Crippen LogP contribution >= 0.6 is 22.9 Å². The largest absolute Gasteiger partial charge is 0.467 e. The summed E-state index contributed by atoms with van der Waals surface area (Å²) in [5, 5.41) is 18.5. The second kappa shape index (κ2) is 6.27. The molecule has 1 aromatic carbocycles. The number of aliphatic hydroxyl groups is 1. The number of nitrogens with one attached hydrogen (secondary N) is 1. The lowest BCUT2D eigenvalue weighted by Gasteiger charge is -2.11. The summed E-state index contributed by atoms with van der Waals surface area (Å²) in [7, 11) is 0. The number of anilines is 1. The molecule has 0 saturated heterocycles. The van der Waals surface area contributed by atoms with Crippen LogP contribution < -0.4 is 5.32 Å². The Kier molecular flexibility index (Phi) is 3.97. The van der Waals surface area contributed by atoms with Crippen molar-refractivity contribution in [1.82, 2.24) is 14.6 Å². The zero-order chi connectivity index (χ0) is 16.5. The summed E-state index contributed by atoms with van der Waals surface area (Å²) in [5.74, 6) is 0.659. The van der Waals surface area contributed by atoms with Crippen LogP contribution in [0.3, 0.4) is 0 Å². The van der Waals surface area contributed by atoms with E-state index in [2.05, 4.69) is 15.4 Å². The predicted octanol–water partition coefficient (Wildman–Crippen LogP) is 3.85. The Balaban J connectivity index is 1.58. The van der Waals surface area contributed by atoms with Crippen LogP contribution in [0.4, 0.5) is 5.13 Å². The number of rotatable bonds is 5. The number of nitrogens with zero attached hydrogens (tertiary/aromatic N) is 3. The Morgan fingerprint density at radius 1 is 1.29 bits per heavy atom. The fourth-order valence-electron chi connectivity index (χ4n) is 2.36. The zero-order valence-corrected chi connectivity index (χ0v) is 14.0. The molecule has 0 aliphatic heterocycles. The normalized spacial score (nSPS) is 12.6. The summed E-state index contributed by atoms with van der Waals surface area (Å²) in [6.07, 6.45) is 3.44. The molecule has 0 saturated carbocycles. The van der Waals surface area contributed by atoms with Gasteiger partial charge >= 0.3 is 0 Å². The standard InChI is InChI=1S/C16H13ClN4O2S/c17-11-5-3-10(4-6-11)12-8-21-16(19-12)24-15(20-21)18-13(9-22)14-2-1-7-23-14/h1-8,13,22H,9H2,(H,18,20). The van der Waals surface area contributed by atoms with E-state index in [0.717, 1.165) is 16.2 Å². The van der Waals surface area contributed by atoms with Crippen LogP contribution in [0.25, 0.3) is 16.2 Å². The van der Waals surface area contributed by atoms with E-state index in [0.29, 0.717) is 15.9 Å². The van der Waals surface area contributed by atoms with Crippen LogP contribution in [0.1, 0.15) is 11.8 Å². The van der Waals surface area contributed by atoms with Crippen LogP contribution in [-0.2, 0) is 0 Å². The summed E-state index contributed by atoms with van der Waals surface area (Å²) in [5.41, 5.74) is 1.82. The summed E-state index contributed by atoms with van der Waals surface area (Å²) >= 11 is 7.32. The van der Waals surface area contributed by atoms with Crippen molar-refractivity contribution >= 4 is 33.0 Å². The van der Waals surface area contributed by atoms with Gasteiger partial charge in [-0.1, -0.05) is 35.1 Å². The highest BCUT2D eigenvalue weighted by Crippen LogP contribution is 2.27. The highest BCUT2D eigenvalue weighted by atomic mass is 35.5. The van der Waals surface area contributed by atoms with Crippen molar-refractivity contribution in [3.05, 3.63) is 59.6 Å². The van der Waals surface area contributed by atoms with Gasteiger partial charge in [0, 0.05) is 10.6 Å². The first-order chi connectivity index (χ1) is 11.7. The predicted molar refractivity (Wildman–Crippen MR) is 93.5 cm³/mol. The van der Waals surface area contributed by atoms with Crippen molar-refractivity contribution in [2.24, 2.45) is 0 Å². The first-order valence-electron chi connectivity index (χ1n) is 7.26. The van der Waals surface area contributed by atoms with Crippen molar-refractivity contribution < 1.29 is 9.52 Å². The molecular weight excluding hydrogens is 348 g/mol. The summed E-state index contributed by atoms with van der Waals surface area (Å²) in [6, 6.07) is 10.8. The maximum atomic E-state index is 9.52. The van der Waals surface area contributed by atoms with Crippen molar-refractivity contribution in [2.75, 3.05) is 11.9 Å². The molecular formula is C16H13ClN4O2S. The molecule has 4 rings (SSSR count). The maximum Gasteiger partial charge on any atom is 0.214 e. The van der Waals surface area contributed by atoms with Gasteiger partial charge in [-0.3, -0.25) is 0 Å². The van der Waals surface area contributed by atoms with E-state index in [1.165, 1.54) is 11.3 Å². The minimum atomic E-state index is -0.341. The quantitative estimate of drug-likeness (QED) is 0.565. The molecule has 1 atom stereocenters. The zero-order valence-electron chi connectivity index (χ0n) is 12.4. The number of aliphatic hydroxyl groups excluding tert-OH is 1. The highest BCUT2D eigenvalue weighted by molar-refractivity contribution is 7.20. The molecule has 3 heterocycles. The van der Waals surface area contributed by atoms with Crippen LogP contribution in [0.5, 0.6) is 0 Å². The van der Waals surface area contributed by atoms with Crippen molar-refractivity contribution in [2.45, 2.75) is 6.04 Å². The molecule has 0 aliphatic rings. The Bertz CT molecular complexity index is 915. The summed E-state index contributed by atoms with van der Waals surface area (Å²) < 4.78 is 7.04. The number of hydrogen-bond acceptors (Lipinski definition) is 6. The minimum absolute atomic E-state index is 0.0918. The molecule has 0 bridgehead atoms. The Morgan fingerprint density at radius 2 is 2.12 bits per heavy atom.